The molecule has 0 spiro atoms. The maximum Gasteiger partial charge on any atom is 0.255 e. The van der Waals surface area contributed by atoms with Gasteiger partial charge in [-0.25, -0.2) is 8.42 Å². The van der Waals surface area contributed by atoms with Crippen molar-refractivity contribution in [2.45, 2.75) is 24.0 Å². The summed E-state index contributed by atoms with van der Waals surface area (Å²) < 4.78 is 27.5. The minimum Gasteiger partial charge on any atom is -0.367 e. The highest BCUT2D eigenvalue weighted by Gasteiger charge is 2.29. The summed E-state index contributed by atoms with van der Waals surface area (Å²) in [5.74, 6) is -0.0557. The molecule has 0 saturated carbocycles. The summed E-state index contributed by atoms with van der Waals surface area (Å²) in [4.78, 5) is 18.1. The molecule has 3 rings (SSSR count). The quantitative estimate of drug-likeness (QED) is 0.900. The number of thiophene rings is 1. The molecule has 1 aliphatic rings. The van der Waals surface area contributed by atoms with Crippen molar-refractivity contribution < 1.29 is 13.2 Å². The number of sulfonamides is 1. The van der Waals surface area contributed by atoms with Gasteiger partial charge in [-0.15, -0.1) is 11.3 Å². The molecule has 3 heterocycles. The average Bonchev–Trinajstić information content (AvgIpc) is 3.21. The van der Waals surface area contributed by atoms with Gasteiger partial charge in [0, 0.05) is 43.4 Å². The first-order valence-electron chi connectivity index (χ1n) is 8.03. The maximum absolute atomic E-state index is 12.8. The molecule has 1 saturated heterocycles. The number of aromatic nitrogens is 1. The summed E-state index contributed by atoms with van der Waals surface area (Å²) in [7, 11) is -3.47. The third-order valence-electron chi connectivity index (χ3n) is 4.17. The summed E-state index contributed by atoms with van der Waals surface area (Å²) in [6.45, 7) is 3.77. The molecular formula is C16H21N3O3S2. The van der Waals surface area contributed by atoms with E-state index >= 15 is 0 Å². The Hall–Kier alpha value is -1.64. The van der Waals surface area contributed by atoms with Gasteiger partial charge in [0.2, 0.25) is 0 Å². The van der Waals surface area contributed by atoms with Crippen LogP contribution in [0.3, 0.4) is 0 Å². The molecule has 6 nitrogen and oxygen atoms in total. The molecule has 24 heavy (non-hydrogen) atoms. The predicted molar refractivity (Wildman–Crippen MR) is 93.8 cm³/mol. The topological polar surface area (TPSA) is 73.5 Å². The molecule has 0 aliphatic carbocycles. The Balaban J connectivity index is 1.72. The Bertz CT molecular complexity index is 796. The monoisotopic (exact) mass is 367 g/mol. The second kappa shape index (κ2) is 7.08. The van der Waals surface area contributed by atoms with Crippen LogP contribution < -0.4 is 0 Å². The Morgan fingerprint density at radius 3 is 2.71 bits per heavy atom. The molecule has 0 bridgehead atoms. The van der Waals surface area contributed by atoms with Gasteiger partial charge >= 0.3 is 0 Å². The van der Waals surface area contributed by atoms with Gasteiger partial charge in [0.1, 0.15) is 4.21 Å². The molecule has 0 aromatic carbocycles. The van der Waals surface area contributed by atoms with Crippen LogP contribution in [-0.4, -0.2) is 54.7 Å². The fraction of sp³-hybridized carbons (Fsp3) is 0.438. The zero-order valence-corrected chi connectivity index (χ0v) is 15.2. The molecule has 1 fully saturated rings. The van der Waals surface area contributed by atoms with Crippen LogP contribution in [0.4, 0.5) is 0 Å². The minimum atomic E-state index is -3.47. The summed E-state index contributed by atoms with van der Waals surface area (Å²) in [6.07, 6.45) is 4.85. The Morgan fingerprint density at radius 1 is 1.21 bits per heavy atom. The summed E-state index contributed by atoms with van der Waals surface area (Å²) in [6, 6.07) is 5.29. The molecule has 2 aromatic rings. The van der Waals surface area contributed by atoms with Crippen LogP contribution in [-0.2, 0) is 16.4 Å². The van der Waals surface area contributed by atoms with Gasteiger partial charge in [-0.3, -0.25) is 4.79 Å². The largest absolute Gasteiger partial charge is 0.367 e. The molecule has 130 valence electrons. The average molecular weight is 367 g/mol. The highest BCUT2D eigenvalue weighted by Crippen LogP contribution is 2.26. The zero-order chi connectivity index (χ0) is 17.2. The van der Waals surface area contributed by atoms with Crippen molar-refractivity contribution in [2.75, 3.05) is 26.2 Å². The number of carbonyl (C=O) groups is 1. The second-order valence-electron chi connectivity index (χ2n) is 5.72. The van der Waals surface area contributed by atoms with Crippen molar-refractivity contribution in [1.29, 1.82) is 0 Å². The number of amides is 1. The van der Waals surface area contributed by atoms with E-state index in [2.05, 4.69) is 4.98 Å². The lowest BCUT2D eigenvalue weighted by molar-refractivity contribution is 0.0764. The fourth-order valence-electron chi connectivity index (χ4n) is 2.79. The van der Waals surface area contributed by atoms with Crippen molar-refractivity contribution >= 4 is 27.3 Å². The standard InChI is InChI=1S/C16H21N3O3S2/c1-2-14-4-5-15(23-14)24(21,22)19-9-3-8-18(10-11-19)16(20)13-6-7-17-12-13/h4-7,12,17H,2-3,8-11H2,1H3. The van der Waals surface area contributed by atoms with Gasteiger partial charge in [0.15, 0.2) is 0 Å². The fourth-order valence-corrected chi connectivity index (χ4v) is 5.71. The number of nitrogens with zero attached hydrogens (tertiary/aromatic N) is 2. The number of aryl methyl sites for hydroxylation is 1. The van der Waals surface area contributed by atoms with Gasteiger partial charge in [-0.1, -0.05) is 6.92 Å². The van der Waals surface area contributed by atoms with Crippen molar-refractivity contribution in [3.05, 3.63) is 41.0 Å². The number of hydrogen-bond acceptors (Lipinski definition) is 4. The van der Waals surface area contributed by atoms with Crippen LogP contribution in [0.25, 0.3) is 0 Å². The van der Waals surface area contributed by atoms with Crippen molar-refractivity contribution in [3.63, 3.8) is 0 Å². The van der Waals surface area contributed by atoms with Gasteiger partial charge in [-0.2, -0.15) is 4.31 Å². The number of aromatic amines is 1. The molecule has 0 radical (unpaired) electrons. The minimum absolute atomic E-state index is 0.0557. The number of hydrogen-bond donors (Lipinski definition) is 1. The molecule has 0 atom stereocenters. The summed E-state index contributed by atoms with van der Waals surface area (Å²) in [5.41, 5.74) is 0.608. The first-order chi connectivity index (χ1) is 11.5. The molecular weight excluding hydrogens is 346 g/mol. The van der Waals surface area contributed by atoms with E-state index in [-0.39, 0.29) is 5.91 Å². The smallest absolute Gasteiger partial charge is 0.255 e. The van der Waals surface area contributed by atoms with E-state index in [0.29, 0.717) is 42.4 Å². The molecule has 2 aromatic heterocycles. The van der Waals surface area contributed by atoms with Crippen molar-refractivity contribution in [1.82, 2.24) is 14.2 Å². The highest BCUT2D eigenvalue weighted by atomic mass is 32.2. The van der Waals surface area contributed by atoms with E-state index in [1.165, 1.54) is 15.6 Å². The van der Waals surface area contributed by atoms with Crippen molar-refractivity contribution in [3.8, 4) is 0 Å². The van der Waals surface area contributed by atoms with Gasteiger partial charge in [0.25, 0.3) is 15.9 Å². The number of nitrogens with one attached hydrogen (secondary N) is 1. The lowest BCUT2D eigenvalue weighted by Gasteiger charge is -2.21. The van der Waals surface area contributed by atoms with E-state index in [1.807, 2.05) is 13.0 Å². The van der Waals surface area contributed by atoms with Crippen molar-refractivity contribution in [2.24, 2.45) is 0 Å². The Morgan fingerprint density at radius 2 is 2.04 bits per heavy atom. The SMILES string of the molecule is CCc1ccc(S(=O)(=O)N2CCCN(C(=O)c3cc[nH]c3)CC2)s1. The first kappa shape index (κ1) is 17.2. The third kappa shape index (κ3) is 3.40. The number of H-pyrrole nitrogens is 1. The normalized spacial score (nSPS) is 17.0. The third-order valence-corrected chi connectivity index (χ3v) is 7.76. The number of carbonyl (C=O) groups excluding carboxylic acids is 1. The van der Waals surface area contributed by atoms with E-state index in [4.69, 9.17) is 0 Å². The van der Waals surface area contributed by atoms with E-state index in [9.17, 15) is 13.2 Å². The maximum atomic E-state index is 12.8. The van der Waals surface area contributed by atoms with E-state index in [0.717, 1.165) is 11.3 Å². The van der Waals surface area contributed by atoms with E-state index in [1.54, 1.807) is 29.4 Å². The molecule has 8 heteroatoms. The number of rotatable bonds is 4. The lowest BCUT2D eigenvalue weighted by Crippen LogP contribution is -2.37. The first-order valence-corrected chi connectivity index (χ1v) is 10.3. The van der Waals surface area contributed by atoms with Gasteiger partial charge in [0.05, 0.1) is 5.56 Å². The molecule has 0 unspecified atom stereocenters. The lowest BCUT2D eigenvalue weighted by atomic mass is 10.3. The molecule has 1 aliphatic heterocycles. The van der Waals surface area contributed by atoms with Crippen LogP contribution in [0.15, 0.2) is 34.8 Å². The highest BCUT2D eigenvalue weighted by molar-refractivity contribution is 7.91. The van der Waals surface area contributed by atoms with Crippen LogP contribution in [0.5, 0.6) is 0 Å². The van der Waals surface area contributed by atoms with Crippen LogP contribution in [0.2, 0.25) is 0 Å². The van der Waals surface area contributed by atoms with Gasteiger partial charge < -0.3 is 9.88 Å². The predicted octanol–water partition coefficient (Wildman–Crippen LogP) is 2.18. The second-order valence-corrected chi connectivity index (χ2v) is 9.06. The molecule has 1 N–H and O–H groups in total. The Labute approximate surface area is 146 Å². The van der Waals surface area contributed by atoms with Gasteiger partial charge in [-0.05, 0) is 31.0 Å². The summed E-state index contributed by atoms with van der Waals surface area (Å²) in [5, 5.41) is 0. The molecule has 1 amide bonds. The van der Waals surface area contributed by atoms with Crippen LogP contribution in [0.1, 0.15) is 28.6 Å². The Kier molecular flexibility index (Phi) is 5.07. The van der Waals surface area contributed by atoms with Crippen LogP contribution >= 0.6 is 11.3 Å². The van der Waals surface area contributed by atoms with Crippen LogP contribution in [0, 0.1) is 0 Å². The van der Waals surface area contributed by atoms with E-state index < -0.39 is 10.0 Å². The zero-order valence-electron chi connectivity index (χ0n) is 13.6. The summed E-state index contributed by atoms with van der Waals surface area (Å²) >= 11 is 1.33.